The van der Waals surface area contributed by atoms with Crippen molar-refractivity contribution >= 4 is 17.4 Å². The predicted octanol–water partition coefficient (Wildman–Crippen LogP) is 4.30. The molecule has 0 heterocycles. The Bertz CT molecular complexity index is 166. The summed E-state index contributed by atoms with van der Waals surface area (Å²) in [5.41, 5.74) is 0. The average molecular weight is 370 g/mol. The van der Waals surface area contributed by atoms with Gasteiger partial charge in [0.05, 0.1) is 0 Å². The molecule has 3 rings (SSSR count). The maximum absolute atomic E-state index is 2.84. The molecule has 1 aromatic carbocycles. The fraction of sp³-hybridized carbons (Fsp3) is 0. The van der Waals surface area contributed by atoms with Gasteiger partial charge in [0.15, 0.2) is 0 Å². The molecule has 2 saturated carbocycles. The number of hydrogen-bond donors (Lipinski definition) is 0. The first-order valence-electron chi connectivity index (χ1n) is 5.15. The van der Waals surface area contributed by atoms with Gasteiger partial charge in [0.1, 0.15) is 0 Å². The Kier molecular flexibility index (Phi) is 45.6. The van der Waals surface area contributed by atoms with Crippen LogP contribution in [0.15, 0.2) is 24.3 Å². The zero-order valence-electron chi connectivity index (χ0n) is 13.2. The molecule has 0 nitrogen and oxygen atoms in total. The van der Waals surface area contributed by atoms with Crippen molar-refractivity contribution in [2.24, 2.45) is 0 Å². The second-order valence-electron chi connectivity index (χ2n) is 2.93. The molecule has 0 amide bonds. The van der Waals surface area contributed by atoms with Gasteiger partial charge in [0.25, 0.3) is 0 Å². The largest absolute Gasteiger partial charge is 3.00 e. The zero-order valence-corrected chi connectivity index (χ0v) is 16.8. The van der Waals surface area contributed by atoms with Crippen LogP contribution in [-0.4, -0.2) is 17.4 Å². The molecule has 0 saturated heterocycles. The molecule has 2 heteroatoms. The number of rotatable bonds is 0. The minimum absolute atomic E-state index is 0. The summed E-state index contributed by atoms with van der Waals surface area (Å²) in [6.07, 6.45) is 20.0. The van der Waals surface area contributed by atoms with Gasteiger partial charge < -0.3 is 40.5 Å². The molecule has 2 aliphatic rings. The van der Waals surface area contributed by atoms with Crippen molar-refractivity contribution in [3.05, 3.63) is 123 Å². The van der Waals surface area contributed by atoms with E-state index < -0.39 is 0 Å². The Morgan fingerprint density at radius 3 is 0.810 bits per heavy atom. The normalized spacial score (nSPS) is 13.7. The van der Waals surface area contributed by atoms with Crippen LogP contribution in [0.5, 0.6) is 0 Å². The Hall–Kier alpha value is 0.636. The van der Waals surface area contributed by atoms with Gasteiger partial charge in [-0.15, -0.1) is 0 Å². The molecule has 0 atom stereocenters. The summed E-state index contributed by atoms with van der Waals surface area (Å²) in [5, 5.41) is 0. The summed E-state index contributed by atoms with van der Waals surface area (Å²) < 4.78 is 0. The van der Waals surface area contributed by atoms with E-state index in [4.69, 9.17) is 0 Å². The molecular formula is C19H23AlZr. The molecule has 2 fully saturated rings. The predicted molar refractivity (Wildman–Crippen MR) is 92.1 cm³/mol. The van der Waals surface area contributed by atoms with Crippen LogP contribution in [0.4, 0.5) is 0 Å². The van der Waals surface area contributed by atoms with Crippen LogP contribution in [-0.2, 0) is 26.2 Å². The third-order valence-corrected chi connectivity index (χ3v) is 1.66. The summed E-state index contributed by atoms with van der Waals surface area (Å²) in [4.78, 5) is 0. The van der Waals surface area contributed by atoms with E-state index in [1.165, 1.54) is 0 Å². The first-order valence-corrected chi connectivity index (χ1v) is 5.15. The fourth-order valence-corrected chi connectivity index (χ4v) is 0.945. The molecule has 0 aromatic heterocycles. The first kappa shape index (κ1) is 33.3. The third-order valence-electron chi connectivity index (χ3n) is 1.66. The van der Waals surface area contributed by atoms with Gasteiger partial charge in [0, 0.05) is 0 Å². The zero-order chi connectivity index (χ0) is 11.3. The van der Waals surface area contributed by atoms with Gasteiger partial charge in [-0.05, 0) is 64.2 Å². The van der Waals surface area contributed by atoms with E-state index in [1.54, 1.807) is 6.07 Å². The smallest absolute Gasteiger partial charge is 0.359 e. The van der Waals surface area contributed by atoms with Gasteiger partial charge >= 0.3 is 43.6 Å². The first-order chi connectivity index (χ1) is 8.00. The van der Waals surface area contributed by atoms with Crippen molar-refractivity contribution in [1.82, 2.24) is 0 Å². The standard InChI is InChI=1S/C6H4.2C5H5.3CH3.Al.Zr/c1-2-4-6-5-3-1;2*1-2-4-5-3-1;;;;;/h1-3,6H;2*1-5H;3*1H3;;/q-2;;;3*-1;+3;+2. The molecule has 0 unspecified atom stereocenters. The molecule has 21 heavy (non-hydrogen) atoms. The number of hydrogen-bond acceptors (Lipinski definition) is 0. The van der Waals surface area contributed by atoms with E-state index in [-0.39, 0.29) is 65.8 Å². The van der Waals surface area contributed by atoms with Gasteiger partial charge in [-0.1, -0.05) is 0 Å². The second-order valence-corrected chi connectivity index (χ2v) is 2.93. The van der Waals surface area contributed by atoms with Gasteiger partial charge in [-0.25, -0.2) is 0 Å². The van der Waals surface area contributed by atoms with E-state index in [0.29, 0.717) is 0 Å². The quantitative estimate of drug-likeness (QED) is 0.472. The van der Waals surface area contributed by atoms with E-state index >= 15 is 0 Å². The maximum Gasteiger partial charge on any atom is 3.00 e. The second kappa shape index (κ2) is 28.7. The van der Waals surface area contributed by atoms with E-state index in [0.717, 1.165) is 0 Å². The summed E-state index contributed by atoms with van der Waals surface area (Å²) in [5.74, 6) is 0. The van der Waals surface area contributed by atoms with Crippen molar-refractivity contribution in [2.75, 3.05) is 0 Å². The molecule has 0 N–H and O–H groups in total. The van der Waals surface area contributed by atoms with Crippen molar-refractivity contribution < 1.29 is 26.2 Å². The van der Waals surface area contributed by atoms with Gasteiger partial charge in [-0.2, -0.15) is 0 Å². The SMILES string of the molecule is [Al+3].[CH3-].[CH3-].[CH3-].[CH]1[CH][CH][CH][CH]1.[CH]1[CH][CH][CH][CH]1.[Zr+2].[c-]1c[c-]ccc1. The van der Waals surface area contributed by atoms with Crippen LogP contribution in [0.1, 0.15) is 0 Å². The third kappa shape index (κ3) is 25.9. The topological polar surface area (TPSA) is 0 Å². The average Bonchev–Trinajstić information content (AvgIpc) is 3.10. The van der Waals surface area contributed by atoms with Crippen LogP contribution in [0, 0.1) is 98.6 Å². The monoisotopic (exact) mass is 368 g/mol. The Morgan fingerprint density at radius 1 is 0.476 bits per heavy atom. The Labute approximate surface area is 165 Å². The maximum atomic E-state index is 2.84. The minimum Gasteiger partial charge on any atom is -0.359 e. The molecule has 106 valence electrons. The van der Waals surface area contributed by atoms with Crippen LogP contribution in [0.2, 0.25) is 0 Å². The molecule has 10 radical (unpaired) electrons. The van der Waals surface area contributed by atoms with Crippen molar-refractivity contribution in [3.63, 3.8) is 0 Å². The molecule has 2 aliphatic carbocycles. The van der Waals surface area contributed by atoms with Crippen LogP contribution >= 0.6 is 0 Å². The van der Waals surface area contributed by atoms with E-state index in [2.05, 4.69) is 12.1 Å². The molecular weight excluding hydrogens is 346 g/mol. The van der Waals surface area contributed by atoms with Crippen molar-refractivity contribution in [3.8, 4) is 0 Å². The van der Waals surface area contributed by atoms with E-state index in [1.807, 2.05) is 82.4 Å². The van der Waals surface area contributed by atoms with Crippen LogP contribution < -0.4 is 0 Å². The Balaban J connectivity index is -0.0000000547. The minimum atomic E-state index is 0. The van der Waals surface area contributed by atoms with Crippen LogP contribution in [0.3, 0.4) is 0 Å². The summed E-state index contributed by atoms with van der Waals surface area (Å²) in [6, 6.07) is 13.0. The molecule has 0 bridgehead atoms. The van der Waals surface area contributed by atoms with Crippen molar-refractivity contribution in [2.45, 2.75) is 0 Å². The Morgan fingerprint density at radius 2 is 0.714 bits per heavy atom. The number of benzene rings is 1. The van der Waals surface area contributed by atoms with Gasteiger partial charge in [0.2, 0.25) is 0 Å². The van der Waals surface area contributed by atoms with E-state index in [9.17, 15) is 0 Å². The molecule has 0 spiro atoms. The molecule has 1 aromatic rings. The summed E-state index contributed by atoms with van der Waals surface area (Å²) in [7, 11) is 0. The molecule has 0 aliphatic heterocycles. The fourth-order valence-electron chi connectivity index (χ4n) is 0.945. The van der Waals surface area contributed by atoms with Gasteiger partial charge in [-0.3, -0.25) is 18.2 Å². The summed E-state index contributed by atoms with van der Waals surface area (Å²) in [6.45, 7) is 0. The summed E-state index contributed by atoms with van der Waals surface area (Å²) >= 11 is 0. The van der Waals surface area contributed by atoms with Crippen LogP contribution in [0.25, 0.3) is 0 Å². The van der Waals surface area contributed by atoms with Crippen molar-refractivity contribution in [1.29, 1.82) is 0 Å².